The number of hydrogen-bond acceptors (Lipinski definition) is 4. The van der Waals surface area contributed by atoms with Crippen LogP contribution in [0.2, 0.25) is 0 Å². The zero-order valence-electron chi connectivity index (χ0n) is 8.44. The van der Waals surface area contributed by atoms with Gasteiger partial charge < -0.3 is 0 Å². The Morgan fingerprint density at radius 1 is 1.36 bits per heavy atom. The maximum absolute atomic E-state index is 3.98. The fraction of sp³-hybridized carbons (Fsp3) is 0.400. The Morgan fingerprint density at radius 2 is 2.00 bits per heavy atom. The lowest BCUT2D eigenvalue weighted by Gasteiger charge is -2.17. The van der Waals surface area contributed by atoms with Gasteiger partial charge >= 0.3 is 0 Å². The van der Waals surface area contributed by atoms with Crippen molar-refractivity contribution in [2.45, 2.75) is 13.5 Å². The Labute approximate surface area is 88.9 Å². The molecule has 0 radical (unpaired) electrons. The second-order valence-corrected chi connectivity index (χ2v) is 3.89. The van der Waals surface area contributed by atoms with Gasteiger partial charge in [-0.15, -0.1) is 18.3 Å². The van der Waals surface area contributed by atoms with Crippen LogP contribution in [0.15, 0.2) is 25.3 Å². The molecule has 0 amide bonds. The minimum absolute atomic E-state index is 0.864. The van der Waals surface area contributed by atoms with E-state index in [0.717, 1.165) is 25.3 Å². The van der Waals surface area contributed by atoms with Crippen LogP contribution in [-0.4, -0.2) is 27.6 Å². The first-order valence-electron chi connectivity index (χ1n) is 4.50. The first-order valence-corrected chi connectivity index (χ1v) is 5.27. The normalized spacial score (nSPS) is 10.4. The van der Waals surface area contributed by atoms with Crippen LogP contribution in [-0.2, 0) is 6.54 Å². The molecule has 0 unspecified atom stereocenters. The van der Waals surface area contributed by atoms with Crippen molar-refractivity contribution >= 4 is 11.5 Å². The molecule has 0 aliphatic rings. The summed E-state index contributed by atoms with van der Waals surface area (Å²) < 4.78 is 3.91. The molecule has 3 nitrogen and oxygen atoms in total. The molecule has 1 heterocycles. The van der Waals surface area contributed by atoms with E-state index >= 15 is 0 Å². The molecule has 0 saturated carbocycles. The lowest BCUT2D eigenvalue weighted by Crippen LogP contribution is -2.23. The minimum atomic E-state index is 0.864. The third kappa shape index (κ3) is 3.05. The monoisotopic (exact) mass is 209 g/mol. The molecule has 0 aliphatic carbocycles. The van der Waals surface area contributed by atoms with Crippen LogP contribution in [0, 0.1) is 6.92 Å². The van der Waals surface area contributed by atoms with Crippen molar-refractivity contribution < 1.29 is 0 Å². The van der Waals surface area contributed by atoms with Crippen LogP contribution < -0.4 is 0 Å². The lowest BCUT2D eigenvalue weighted by molar-refractivity contribution is 0.330. The molecular weight excluding hydrogens is 194 g/mol. The van der Waals surface area contributed by atoms with Crippen LogP contribution in [0.4, 0.5) is 0 Å². The zero-order chi connectivity index (χ0) is 10.4. The molecule has 0 N–H and O–H groups in total. The van der Waals surface area contributed by atoms with Gasteiger partial charge in [0.25, 0.3) is 0 Å². The molecule has 0 aromatic carbocycles. The molecule has 1 aromatic heterocycles. The lowest BCUT2D eigenvalue weighted by atomic mass is 10.3. The van der Waals surface area contributed by atoms with Crippen LogP contribution in [0.3, 0.4) is 0 Å². The smallest absolute Gasteiger partial charge is 0.0769 e. The summed E-state index contributed by atoms with van der Waals surface area (Å²) >= 11 is 1.46. The van der Waals surface area contributed by atoms with E-state index in [2.05, 4.69) is 27.6 Å². The molecule has 14 heavy (non-hydrogen) atoms. The average molecular weight is 209 g/mol. The van der Waals surface area contributed by atoms with E-state index in [4.69, 9.17) is 0 Å². The predicted molar refractivity (Wildman–Crippen MR) is 60.3 cm³/mol. The molecule has 0 saturated heterocycles. The van der Waals surface area contributed by atoms with Crippen LogP contribution in [0.25, 0.3) is 0 Å². The van der Waals surface area contributed by atoms with Crippen molar-refractivity contribution in [2.75, 3.05) is 13.1 Å². The number of aromatic nitrogens is 2. The summed E-state index contributed by atoms with van der Waals surface area (Å²) in [6.07, 6.45) is 3.79. The van der Waals surface area contributed by atoms with Crippen molar-refractivity contribution in [3.05, 3.63) is 35.9 Å². The van der Waals surface area contributed by atoms with Gasteiger partial charge in [-0.1, -0.05) is 16.6 Å². The van der Waals surface area contributed by atoms with Gasteiger partial charge in [-0.05, 0) is 18.5 Å². The van der Waals surface area contributed by atoms with E-state index < -0.39 is 0 Å². The van der Waals surface area contributed by atoms with E-state index in [1.54, 1.807) is 0 Å². The number of hydrogen-bond donors (Lipinski definition) is 0. The molecule has 0 fully saturated rings. The summed E-state index contributed by atoms with van der Waals surface area (Å²) in [6, 6.07) is 0. The molecule has 4 heteroatoms. The Morgan fingerprint density at radius 3 is 2.43 bits per heavy atom. The highest BCUT2D eigenvalue weighted by molar-refractivity contribution is 7.05. The van der Waals surface area contributed by atoms with Gasteiger partial charge in [0.15, 0.2) is 0 Å². The standard InChI is InChI=1S/C10H15N3S/c1-4-6-13(7-5-2)8-10-9(3)11-12-14-10/h4-5H,1-2,6-8H2,3H3. The summed E-state index contributed by atoms with van der Waals surface area (Å²) in [5.41, 5.74) is 1.02. The maximum Gasteiger partial charge on any atom is 0.0769 e. The predicted octanol–water partition coefficient (Wildman–Crippen LogP) is 2.02. The van der Waals surface area contributed by atoms with Crippen molar-refractivity contribution in [1.82, 2.24) is 14.5 Å². The number of aryl methyl sites for hydroxylation is 1. The molecule has 76 valence electrons. The van der Waals surface area contributed by atoms with Gasteiger partial charge in [0.05, 0.1) is 10.6 Å². The Hall–Kier alpha value is -1.00. The van der Waals surface area contributed by atoms with Crippen molar-refractivity contribution in [3.8, 4) is 0 Å². The second-order valence-electron chi connectivity index (χ2n) is 3.05. The summed E-state index contributed by atoms with van der Waals surface area (Å²) in [7, 11) is 0. The third-order valence-electron chi connectivity index (χ3n) is 1.89. The zero-order valence-corrected chi connectivity index (χ0v) is 9.26. The summed E-state index contributed by atoms with van der Waals surface area (Å²) in [5, 5.41) is 3.98. The van der Waals surface area contributed by atoms with Gasteiger partial charge in [-0.3, -0.25) is 4.90 Å². The summed E-state index contributed by atoms with van der Waals surface area (Å²) in [5.74, 6) is 0. The fourth-order valence-electron chi connectivity index (χ4n) is 1.17. The van der Waals surface area contributed by atoms with E-state index in [9.17, 15) is 0 Å². The quantitative estimate of drug-likeness (QED) is 0.671. The van der Waals surface area contributed by atoms with Gasteiger partial charge in [0.1, 0.15) is 0 Å². The van der Waals surface area contributed by atoms with Gasteiger partial charge in [0.2, 0.25) is 0 Å². The largest absolute Gasteiger partial charge is 0.291 e. The highest BCUT2D eigenvalue weighted by atomic mass is 32.1. The molecule has 0 aliphatic heterocycles. The molecule has 0 spiro atoms. The van der Waals surface area contributed by atoms with Gasteiger partial charge in [-0.2, -0.15) is 0 Å². The van der Waals surface area contributed by atoms with E-state index in [1.807, 2.05) is 19.1 Å². The summed E-state index contributed by atoms with van der Waals surface area (Å²) in [6.45, 7) is 12.1. The summed E-state index contributed by atoms with van der Waals surface area (Å²) in [4.78, 5) is 3.45. The average Bonchev–Trinajstić information content (AvgIpc) is 2.53. The number of rotatable bonds is 6. The highest BCUT2D eigenvalue weighted by Gasteiger charge is 2.07. The Balaban J connectivity index is 2.58. The van der Waals surface area contributed by atoms with E-state index in [0.29, 0.717) is 0 Å². The van der Waals surface area contributed by atoms with E-state index in [-0.39, 0.29) is 0 Å². The van der Waals surface area contributed by atoms with Crippen molar-refractivity contribution in [3.63, 3.8) is 0 Å². The number of nitrogens with zero attached hydrogens (tertiary/aromatic N) is 3. The van der Waals surface area contributed by atoms with Gasteiger partial charge in [-0.25, -0.2) is 0 Å². The SMILES string of the molecule is C=CCN(CC=C)Cc1snnc1C. The van der Waals surface area contributed by atoms with Crippen molar-refractivity contribution in [1.29, 1.82) is 0 Å². The van der Waals surface area contributed by atoms with Gasteiger partial charge in [0, 0.05) is 19.6 Å². The molecule has 0 bridgehead atoms. The molecule has 1 aromatic rings. The maximum atomic E-state index is 3.98. The molecule has 1 rings (SSSR count). The fourth-order valence-corrected chi connectivity index (χ4v) is 1.84. The Kier molecular flexibility index (Phi) is 4.49. The van der Waals surface area contributed by atoms with Crippen LogP contribution >= 0.6 is 11.5 Å². The van der Waals surface area contributed by atoms with Crippen molar-refractivity contribution in [2.24, 2.45) is 0 Å². The van der Waals surface area contributed by atoms with Crippen LogP contribution in [0.1, 0.15) is 10.6 Å². The first kappa shape index (κ1) is 11.1. The Bertz CT molecular complexity index is 296. The third-order valence-corrected chi connectivity index (χ3v) is 2.70. The highest BCUT2D eigenvalue weighted by Crippen LogP contribution is 2.12. The second kappa shape index (κ2) is 5.67. The topological polar surface area (TPSA) is 29.0 Å². The molecular formula is C10H15N3S. The molecule has 0 atom stereocenters. The van der Waals surface area contributed by atoms with Crippen LogP contribution in [0.5, 0.6) is 0 Å². The minimum Gasteiger partial charge on any atom is -0.291 e. The van der Waals surface area contributed by atoms with E-state index in [1.165, 1.54) is 16.4 Å². The first-order chi connectivity index (χ1) is 6.77.